The quantitative estimate of drug-likeness (QED) is 0.812. The molecule has 2 aromatic rings. The monoisotopic (exact) mass is 391 g/mol. The Kier molecular flexibility index (Phi) is 3.50. The number of carbonyl (C=O) groups is 2. The maximum Gasteiger partial charge on any atom is 0.230 e. The van der Waals surface area contributed by atoms with Gasteiger partial charge in [0.2, 0.25) is 5.91 Å². The van der Waals surface area contributed by atoms with E-state index in [9.17, 15) is 14.7 Å². The second-order valence-electron chi connectivity index (χ2n) is 5.94. The molecule has 2 bridgehead atoms. The molecule has 1 heterocycles. The summed E-state index contributed by atoms with van der Waals surface area (Å²) >= 11 is 4.78. The number of hydrogen-bond donors (Lipinski definition) is 1. The van der Waals surface area contributed by atoms with E-state index in [1.54, 1.807) is 0 Å². The van der Waals surface area contributed by atoms with Crippen LogP contribution in [0, 0.1) is 23.7 Å². The molecule has 5 nitrogen and oxygen atoms in total. The highest BCUT2D eigenvalue weighted by Crippen LogP contribution is 2.48. The minimum atomic E-state index is -1.14. The van der Waals surface area contributed by atoms with Gasteiger partial charge in [0.15, 0.2) is 5.13 Å². The van der Waals surface area contributed by atoms with E-state index in [2.05, 4.69) is 26.2 Å². The van der Waals surface area contributed by atoms with Crippen molar-refractivity contribution in [3.63, 3.8) is 0 Å². The second-order valence-corrected chi connectivity index (χ2v) is 7.89. The summed E-state index contributed by atoms with van der Waals surface area (Å²) in [6.45, 7) is 0. The lowest BCUT2D eigenvalue weighted by molar-refractivity contribution is -0.313. The Labute approximate surface area is 144 Å². The molecule has 1 saturated carbocycles. The molecule has 1 amide bonds. The van der Waals surface area contributed by atoms with Crippen molar-refractivity contribution >= 4 is 54.5 Å². The Balaban J connectivity index is 1.59. The summed E-state index contributed by atoms with van der Waals surface area (Å²) in [5, 5.41) is 14.7. The van der Waals surface area contributed by atoms with Gasteiger partial charge in [0.1, 0.15) is 0 Å². The summed E-state index contributed by atoms with van der Waals surface area (Å²) in [6.07, 6.45) is 4.55. The highest BCUT2D eigenvalue weighted by atomic mass is 79.9. The van der Waals surface area contributed by atoms with Crippen LogP contribution in [0.5, 0.6) is 0 Å². The number of aliphatic carboxylic acids is 1. The zero-order chi connectivity index (χ0) is 16.1. The van der Waals surface area contributed by atoms with Crippen molar-refractivity contribution in [1.29, 1.82) is 0 Å². The average molecular weight is 392 g/mol. The first-order chi connectivity index (χ1) is 11.0. The lowest BCUT2D eigenvalue weighted by Gasteiger charge is -2.27. The number of halogens is 1. The van der Waals surface area contributed by atoms with Gasteiger partial charge in [-0.15, -0.1) is 0 Å². The first-order valence-electron chi connectivity index (χ1n) is 7.29. The SMILES string of the molecule is O=C([O-])[C@@H]1[C@H](C(=O)Nc2nc3ccc(Br)cc3s2)[C@H]2C=C[C@H]1C2. The van der Waals surface area contributed by atoms with E-state index in [1.165, 1.54) is 11.3 Å². The summed E-state index contributed by atoms with van der Waals surface area (Å²) in [5.41, 5.74) is 0.804. The van der Waals surface area contributed by atoms with Crippen molar-refractivity contribution < 1.29 is 14.7 Å². The Morgan fingerprint density at radius 2 is 2.00 bits per heavy atom. The number of anilines is 1. The molecule has 0 saturated heterocycles. The number of thiazole rings is 1. The van der Waals surface area contributed by atoms with E-state index >= 15 is 0 Å². The van der Waals surface area contributed by atoms with Gasteiger partial charge in [-0.2, -0.15) is 0 Å². The van der Waals surface area contributed by atoms with Crippen LogP contribution in [0.15, 0.2) is 34.8 Å². The number of hydrogen-bond acceptors (Lipinski definition) is 5. The number of allylic oxidation sites excluding steroid dienone is 2. The van der Waals surface area contributed by atoms with Crippen molar-refractivity contribution in [2.75, 3.05) is 5.32 Å². The third kappa shape index (κ3) is 2.48. The van der Waals surface area contributed by atoms with Crippen molar-refractivity contribution in [2.24, 2.45) is 23.7 Å². The molecule has 1 N–H and O–H groups in total. The zero-order valence-corrected chi connectivity index (χ0v) is 14.3. The molecule has 1 aromatic carbocycles. The summed E-state index contributed by atoms with van der Waals surface area (Å²) in [5.74, 6) is -2.86. The van der Waals surface area contributed by atoms with Crippen LogP contribution in [0.1, 0.15) is 6.42 Å². The molecule has 7 heteroatoms. The highest BCUT2D eigenvalue weighted by Gasteiger charge is 2.48. The first-order valence-corrected chi connectivity index (χ1v) is 8.90. The highest BCUT2D eigenvalue weighted by molar-refractivity contribution is 9.10. The van der Waals surface area contributed by atoms with Crippen molar-refractivity contribution in [3.8, 4) is 0 Å². The Bertz CT molecular complexity index is 847. The molecule has 4 atom stereocenters. The van der Waals surface area contributed by atoms with Gasteiger partial charge in [0.05, 0.1) is 16.1 Å². The fourth-order valence-corrected chi connectivity index (χ4v) is 5.06. The molecule has 0 aliphatic heterocycles. The predicted molar refractivity (Wildman–Crippen MR) is 88.7 cm³/mol. The third-order valence-electron chi connectivity index (χ3n) is 4.61. The zero-order valence-electron chi connectivity index (χ0n) is 11.9. The Morgan fingerprint density at radius 3 is 2.74 bits per heavy atom. The maximum absolute atomic E-state index is 12.6. The number of nitrogens with zero attached hydrogens (tertiary/aromatic N) is 1. The number of nitrogens with one attached hydrogen (secondary N) is 1. The van der Waals surface area contributed by atoms with E-state index in [0.717, 1.165) is 14.7 Å². The van der Waals surface area contributed by atoms with Crippen LogP contribution in [0.4, 0.5) is 5.13 Å². The maximum atomic E-state index is 12.6. The van der Waals surface area contributed by atoms with E-state index in [0.29, 0.717) is 11.6 Å². The van der Waals surface area contributed by atoms with Crippen molar-refractivity contribution in [1.82, 2.24) is 4.98 Å². The second kappa shape index (κ2) is 5.42. The van der Waals surface area contributed by atoms with Gasteiger partial charge in [-0.3, -0.25) is 4.79 Å². The minimum Gasteiger partial charge on any atom is -0.550 e. The van der Waals surface area contributed by atoms with Gasteiger partial charge in [-0.1, -0.05) is 39.4 Å². The predicted octanol–water partition coefficient (Wildman–Crippen LogP) is 2.19. The van der Waals surface area contributed by atoms with Crippen LogP contribution in [0.25, 0.3) is 10.2 Å². The summed E-state index contributed by atoms with van der Waals surface area (Å²) in [4.78, 5) is 28.4. The summed E-state index contributed by atoms with van der Waals surface area (Å²) in [7, 11) is 0. The average Bonchev–Trinajstić information content (AvgIpc) is 3.18. The van der Waals surface area contributed by atoms with Gasteiger partial charge in [0, 0.05) is 16.4 Å². The van der Waals surface area contributed by atoms with Gasteiger partial charge in [-0.25, -0.2) is 4.98 Å². The molecule has 0 unspecified atom stereocenters. The number of aromatic nitrogens is 1. The summed E-state index contributed by atoms with van der Waals surface area (Å²) in [6, 6.07) is 5.70. The first kappa shape index (κ1) is 14.8. The van der Waals surface area contributed by atoms with E-state index in [1.807, 2.05) is 30.4 Å². The molecular formula is C16H12BrN2O3S-. The molecule has 1 aromatic heterocycles. The molecule has 23 heavy (non-hydrogen) atoms. The Hall–Kier alpha value is -1.73. The molecule has 0 radical (unpaired) electrons. The number of fused-ring (bicyclic) bond motifs is 3. The van der Waals surface area contributed by atoms with Crippen LogP contribution in [-0.2, 0) is 9.59 Å². The fourth-order valence-electron chi connectivity index (χ4n) is 3.64. The third-order valence-corrected chi connectivity index (χ3v) is 6.04. The van der Waals surface area contributed by atoms with Gasteiger partial charge >= 0.3 is 0 Å². The fraction of sp³-hybridized carbons (Fsp3) is 0.312. The van der Waals surface area contributed by atoms with E-state index < -0.39 is 17.8 Å². The van der Waals surface area contributed by atoms with Crippen LogP contribution < -0.4 is 10.4 Å². The lowest BCUT2D eigenvalue weighted by Crippen LogP contribution is -2.42. The largest absolute Gasteiger partial charge is 0.550 e. The number of carbonyl (C=O) groups excluding carboxylic acids is 2. The topological polar surface area (TPSA) is 82.1 Å². The van der Waals surface area contributed by atoms with Gasteiger partial charge < -0.3 is 15.2 Å². The van der Waals surface area contributed by atoms with E-state index in [-0.39, 0.29) is 17.7 Å². The lowest BCUT2D eigenvalue weighted by atomic mass is 9.82. The number of benzene rings is 1. The van der Waals surface area contributed by atoms with Crippen LogP contribution in [0.2, 0.25) is 0 Å². The number of carboxylic acids is 1. The summed E-state index contributed by atoms with van der Waals surface area (Å²) < 4.78 is 1.90. The van der Waals surface area contributed by atoms with E-state index in [4.69, 9.17) is 0 Å². The number of rotatable bonds is 3. The molecule has 2 aliphatic rings. The van der Waals surface area contributed by atoms with Crippen molar-refractivity contribution in [3.05, 3.63) is 34.8 Å². The van der Waals surface area contributed by atoms with Gasteiger partial charge in [0.25, 0.3) is 0 Å². The molecular weight excluding hydrogens is 380 g/mol. The number of amides is 1. The smallest absolute Gasteiger partial charge is 0.230 e. The normalized spacial score (nSPS) is 28.4. The Morgan fingerprint density at radius 1 is 1.26 bits per heavy atom. The van der Waals surface area contributed by atoms with Crippen LogP contribution in [-0.4, -0.2) is 16.9 Å². The van der Waals surface area contributed by atoms with Gasteiger partial charge in [-0.05, 0) is 36.5 Å². The minimum absolute atomic E-state index is 0.0218. The molecule has 1 fully saturated rings. The van der Waals surface area contributed by atoms with Crippen molar-refractivity contribution in [2.45, 2.75) is 6.42 Å². The molecule has 4 rings (SSSR count). The molecule has 2 aliphatic carbocycles. The van der Waals surface area contributed by atoms with Crippen LogP contribution in [0.3, 0.4) is 0 Å². The number of carboxylic acid groups (broad SMARTS) is 1. The van der Waals surface area contributed by atoms with Crippen LogP contribution >= 0.6 is 27.3 Å². The molecule has 0 spiro atoms. The standard InChI is InChI=1S/C16H13BrN2O3S/c17-9-3-4-10-11(6-9)23-16(18-10)19-14(20)12-7-1-2-8(5-7)13(12)15(21)22/h1-4,6-8,12-13H,5H2,(H,21,22)(H,18,19,20)/p-1/t7-,8-,12+,13-/m0/s1. The molecule has 118 valence electrons.